The smallest absolute Gasteiger partial charge is 0.0363 e. The standard InChI is InChI=1S/C15H23N/c1-10(2)15(11(3)4)9-12-7-5-6-8-13(12)14(15)16/h5-8,10-11,14H,9,16H2,1-4H3/t14-/m1/s1. The Labute approximate surface area is 99.0 Å². The van der Waals surface area contributed by atoms with Crippen LogP contribution in [0.3, 0.4) is 0 Å². The van der Waals surface area contributed by atoms with Gasteiger partial charge in [0.25, 0.3) is 0 Å². The highest BCUT2D eigenvalue weighted by molar-refractivity contribution is 5.38. The fourth-order valence-corrected chi connectivity index (χ4v) is 3.52. The molecule has 0 aromatic heterocycles. The van der Waals surface area contributed by atoms with Crippen LogP contribution >= 0.6 is 0 Å². The van der Waals surface area contributed by atoms with E-state index in [0.29, 0.717) is 11.8 Å². The predicted molar refractivity (Wildman–Crippen MR) is 69.2 cm³/mol. The molecule has 1 aliphatic carbocycles. The number of hydrogen-bond acceptors (Lipinski definition) is 1. The van der Waals surface area contributed by atoms with E-state index in [-0.39, 0.29) is 11.5 Å². The topological polar surface area (TPSA) is 26.0 Å². The van der Waals surface area contributed by atoms with Gasteiger partial charge >= 0.3 is 0 Å². The van der Waals surface area contributed by atoms with E-state index in [2.05, 4.69) is 52.0 Å². The van der Waals surface area contributed by atoms with Crippen molar-refractivity contribution in [1.82, 2.24) is 0 Å². The summed E-state index contributed by atoms with van der Waals surface area (Å²) >= 11 is 0. The van der Waals surface area contributed by atoms with Gasteiger partial charge in [0.1, 0.15) is 0 Å². The summed E-state index contributed by atoms with van der Waals surface area (Å²) in [6.45, 7) is 9.24. The van der Waals surface area contributed by atoms with Gasteiger partial charge in [0.05, 0.1) is 0 Å². The fraction of sp³-hybridized carbons (Fsp3) is 0.600. The molecule has 0 radical (unpaired) electrons. The predicted octanol–water partition coefficient (Wildman–Crippen LogP) is 3.54. The van der Waals surface area contributed by atoms with Crippen molar-refractivity contribution in [3.63, 3.8) is 0 Å². The Balaban J connectivity index is 2.49. The molecule has 2 N–H and O–H groups in total. The third kappa shape index (κ3) is 1.41. The van der Waals surface area contributed by atoms with E-state index in [9.17, 15) is 0 Å². The van der Waals surface area contributed by atoms with Gasteiger partial charge in [-0.3, -0.25) is 0 Å². The van der Waals surface area contributed by atoms with Gasteiger partial charge in [0, 0.05) is 6.04 Å². The second-order valence-electron chi connectivity index (χ2n) is 5.78. The van der Waals surface area contributed by atoms with E-state index in [0.717, 1.165) is 6.42 Å². The summed E-state index contributed by atoms with van der Waals surface area (Å²) in [4.78, 5) is 0. The summed E-state index contributed by atoms with van der Waals surface area (Å²) in [6.07, 6.45) is 1.14. The molecule has 0 aliphatic heterocycles. The van der Waals surface area contributed by atoms with Crippen LogP contribution in [0.5, 0.6) is 0 Å². The molecule has 1 atom stereocenters. The van der Waals surface area contributed by atoms with E-state index >= 15 is 0 Å². The zero-order valence-corrected chi connectivity index (χ0v) is 10.8. The van der Waals surface area contributed by atoms with Crippen molar-refractivity contribution in [3.05, 3.63) is 35.4 Å². The van der Waals surface area contributed by atoms with Crippen molar-refractivity contribution in [3.8, 4) is 0 Å². The first-order valence-corrected chi connectivity index (χ1v) is 6.33. The van der Waals surface area contributed by atoms with E-state index < -0.39 is 0 Å². The van der Waals surface area contributed by atoms with Crippen LogP contribution in [0.2, 0.25) is 0 Å². The summed E-state index contributed by atoms with van der Waals surface area (Å²) in [6, 6.07) is 8.87. The van der Waals surface area contributed by atoms with Crippen LogP contribution in [0.15, 0.2) is 24.3 Å². The Bertz CT molecular complexity index is 371. The Hall–Kier alpha value is -0.820. The molecule has 1 aromatic carbocycles. The lowest BCUT2D eigenvalue weighted by Gasteiger charge is -2.42. The molecule has 0 unspecified atom stereocenters. The molecule has 16 heavy (non-hydrogen) atoms. The first-order chi connectivity index (χ1) is 7.50. The summed E-state index contributed by atoms with van der Waals surface area (Å²) in [5.74, 6) is 1.24. The van der Waals surface area contributed by atoms with Crippen molar-refractivity contribution < 1.29 is 0 Å². The van der Waals surface area contributed by atoms with Gasteiger partial charge in [-0.05, 0) is 34.8 Å². The van der Waals surface area contributed by atoms with Crippen LogP contribution in [0, 0.1) is 17.3 Å². The molecular formula is C15H23N. The van der Waals surface area contributed by atoms with E-state index in [1.807, 2.05) is 0 Å². The first kappa shape index (κ1) is 11.7. The highest BCUT2D eigenvalue weighted by Crippen LogP contribution is 2.53. The normalized spacial score (nSPS) is 22.8. The van der Waals surface area contributed by atoms with Crippen LogP contribution in [0.25, 0.3) is 0 Å². The molecule has 88 valence electrons. The molecule has 1 nitrogen and oxygen atoms in total. The third-order valence-corrected chi connectivity index (χ3v) is 4.62. The van der Waals surface area contributed by atoms with E-state index in [1.165, 1.54) is 11.1 Å². The zero-order valence-electron chi connectivity index (χ0n) is 10.8. The van der Waals surface area contributed by atoms with Crippen molar-refractivity contribution in [1.29, 1.82) is 0 Å². The molecule has 0 heterocycles. The second-order valence-corrected chi connectivity index (χ2v) is 5.78. The van der Waals surface area contributed by atoms with Gasteiger partial charge in [0.2, 0.25) is 0 Å². The van der Waals surface area contributed by atoms with E-state index in [4.69, 9.17) is 5.73 Å². The SMILES string of the molecule is CC(C)C1(C(C)C)Cc2ccccc2[C@H]1N. The lowest BCUT2D eigenvalue weighted by Crippen LogP contribution is -2.41. The van der Waals surface area contributed by atoms with Crippen molar-refractivity contribution >= 4 is 0 Å². The van der Waals surface area contributed by atoms with Crippen LogP contribution in [-0.4, -0.2) is 0 Å². The summed E-state index contributed by atoms with van der Waals surface area (Å²) in [5, 5.41) is 0. The molecule has 1 aliphatic rings. The maximum absolute atomic E-state index is 6.53. The minimum Gasteiger partial charge on any atom is -0.323 e. The minimum absolute atomic E-state index is 0.198. The largest absolute Gasteiger partial charge is 0.323 e. The summed E-state index contributed by atoms with van der Waals surface area (Å²) in [7, 11) is 0. The zero-order chi connectivity index (χ0) is 11.9. The molecule has 1 aromatic rings. The van der Waals surface area contributed by atoms with Gasteiger partial charge < -0.3 is 5.73 Å². The maximum atomic E-state index is 6.53. The number of benzene rings is 1. The summed E-state index contributed by atoms with van der Waals surface area (Å²) < 4.78 is 0. The van der Waals surface area contributed by atoms with Crippen molar-refractivity contribution in [2.45, 2.75) is 40.2 Å². The Morgan fingerprint density at radius 3 is 2.19 bits per heavy atom. The Morgan fingerprint density at radius 2 is 1.69 bits per heavy atom. The second kappa shape index (κ2) is 3.89. The van der Waals surface area contributed by atoms with Crippen molar-refractivity contribution in [2.24, 2.45) is 23.0 Å². The Kier molecular flexibility index (Phi) is 2.83. The monoisotopic (exact) mass is 217 g/mol. The fourth-order valence-electron chi connectivity index (χ4n) is 3.52. The van der Waals surface area contributed by atoms with Crippen LogP contribution in [0.4, 0.5) is 0 Å². The third-order valence-electron chi connectivity index (χ3n) is 4.62. The van der Waals surface area contributed by atoms with Crippen LogP contribution in [0.1, 0.15) is 44.9 Å². The van der Waals surface area contributed by atoms with Gasteiger partial charge in [-0.2, -0.15) is 0 Å². The Morgan fingerprint density at radius 1 is 1.12 bits per heavy atom. The molecule has 0 saturated heterocycles. The molecule has 1 heteroatoms. The molecule has 2 rings (SSSR count). The van der Waals surface area contributed by atoms with Crippen LogP contribution < -0.4 is 5.73 Å². The van der Waals surface area contributed by atoms with E-state index in [1.54, 1.807) is 0 Å². The van der Waals surface area contributed by atoms with Gasteiger partial charge in [-0.15, -0.1) is 0 Å². The molecule has 0 amide bonds. The minimum atomic E-state index is 0.198. The maximum Gasteiger partial charge on any atom is 0.0363 e. The quantitative estimate of drug-likeness (QED) is 0.805. The van der Waals surface area contributed by atoms with Gasteiger partial charge in [-0.25, -0.2) is 0 Å². The highest BCUT2D eigenvalue weighted by atomic mass is 14.7. The lowest BCUT2D eigenvalue weighted by atomic mass is 9.64. The van der Waals surface area contributed by atoms with Crippen LogP contribution in [-0.2, 0) is 6.42 Å². The molecule has 0 spiro atoms. The highest BCUT2D eigenvalue weighted by Gasteiger charge is 2.48. The van der Waals surface area contributed by atoms with Gasteiger partial charge in [0.15, 0.2) is 0 Å². The molecular weight excluding hydrogens is 194 g/mol. The average molecular weight is 217 g/mol. The average Bonchev–Trinajstić information content (AvgIpc) is 2.54. The van der Waals surface area contributed by atoms with Crippen molar-refractivity contribution in [2.75, 3.05) is 0 Å². The molecule has 0 saturated carbocycles. The number of hydrogen-bond donors (Lipinski definition) is 1. The summed E-state index contributed by atoms with van der Waals surface area (Å²) in [5.41, 5.74) is 9.59. The molecule has 0 fully saturated rings. The lowest BCUT2D eigenvalue weighted by molar-refractivity contribution is 0.0896. The number of rotatable bonds is 2. The van der Waals surface area contributed by atoms with Gasteiger partial charge in [-0.1, -0.05) is 52.0 Å². The number of fused-ring (bicyclic) bond motifs is 1. The number of nitrogens with two attached hydrogens (primary N) is 1. The molecule has 0 bridgehead atoms. The first-order valence-electron chi connectivity index (χ1n) is 6.33.